The Balaban J connectivity index is 2.01. The second-order valence-electron chi connectivity index (χ2n) is 4.84. The van der Waals surface area contributed by atoms with Gasteiger partial charge in [0.05, 0.1) is 16.5 Å². The van der Waals surface area contributed by atoms with Gasteiger partial charge in [0.25, 0.3) is 0 Å². The van der Waals surface area contributed by atoms with Crippen molar-refractivity contribution in [3.63, 3.8) is 0 Å². The Morgan fingerprint density at radius 1 is 1.40 bits per heavy atom. The number of alkyl halides is 3. The van der Waals surface area contributed by atoms with Gasteiger partial charge in [-0.25, -0.2) is 0 Å². The first-order valence-corrected chi connectivity index (χ1v) is 8.83. The van der Waals surface area contributed by atoms with E-state index in [1.165, 1.54) is 29.5 Å². The quantitative estimate of drug-likeness (QED) is 0.548. The zero-order chi connectivity index (χ0) is 18.4. The highest BCUT2D eigenvalue weighted by molar-refractivity contribution is 8.02. The molecule has 1 atom stereocenters. The van der Waals surface area contributed by atoms with E-state index >= 15 is 0 Å². The van der Waals surface area contributed by atoms with Gasteiger partial charge in [0.1, 0.15) is 0 Å². The van der Waals surface area contributed by atoms with Gasteiger partial charge in [-0.05, 0) is 19.1 Å². The number of benzene rings is 1. The van der Waals surface area contributed by atoms with E-state index in [1.807, 2.05) is 0 Å². The number of carbonyl (C=O) groups is 1. The molecule has 10 heteroatoms. The van der Waals surface area contributed by atoms with Crippen molar-refractivity contribution in [1.82, 2.24) is 10.2 Å². The molecule has 0 spiro atoms. The smallest absolute Gasteiger partial charge is 0.357 e. The minimum absolute atomic E-state index is 0.266. The van der Waals surface area contributed by atoms with E-state index in [9.17, 15) is 18.0 Å². The molecule has 2 rings (SSSR count). The van der Waals surface area contributed by atoms with E-state index in [1.54, 1.807) is 13.0 Å². The molecule has 0 radical (unpaired) electrons. The SMILES string of the molecule is C=CCNc1nnc(SC(C)C(=O)Nc2ccccc2C(F)(F)F)s1. The summed E-state index contributed by atoms with van der Waals surface area (Å²) in [5.41, 5.74) is -1.15. The van der Waals surface area contributed by atoms with Crippen LogP contribution in [0.2, 0.25) is 0 Å². The van der Waals surface area contributed by atoms with Crippen LogP contribution in [0, 0.1) is 0 Å². The van der Waals surface area contributed by atoms with Crippen LogP contribution in [0.25, 0.3) is 0 Å². The number of amides is 1. The minimum Gasteiger partial charge on any atom is -0.357 e. The third-order valence-electron chi connectivity index (χ3n) is 2.94. The Labute approximate surface area is 150 Å². The summed E-state index contributed by atoms with van der Waals surface area (Å²) in [6.07, 6.45) is -2.87. The summed E-state index contributed by atoms with van der Waals surface area (Å²) < 4.78 is 39.4. The van der Waals surface area contributed by atoms with E-state index in [2.05, 4.69) is 27.4 Å². The first-order valence-electron chi connectivity index (χ1n) is 7.13. The molecule has 2 aromatic rings. The summed E-state index contributed by atoms with van der Waals surface area (Å²) in [7, 11) is 0. The van der Waals surface area contributed by atoms with Crippen LogP contribution in [0.15, 0.2) is 41.3 Å². The fourth-order valence-electron chi connectivity index (χ4n) is 1.77. The number of carbonyl (C=O) groups excluding carboxylic acids is 1. The third-order valence-corrected chi connectivity index (χ3v) is 5.01. The van der Waals surface area contributed by atoms with Crippen molar-refractivity contribution in [3.05, 3.63) is 42.5 Å². The topological polar surface area (TPSA) is 66.9 Å². The average molecular weight is 388 g/mol. The highest BCUT2D eigenvalue weighted by Gasteiger charge is 2.34. The van der Waals surface area contributed by atoms with E-state index in [0.29, 0.717) is 16.0 Å². The molecule has 1 unspecified atom stereocenters. The molecule has 1 amide bonds. The first kappa shape index (κ1) is 19.3. The van der Waals surface area contributed by atoms with Crippen molar-refractivity contribution >= 4 is 39.8 Å². The summed E-state index contributed by atoms with van der Waals surface area (Å²) >= 11 is 2.38. The van der Waals surface area contributed by atoms with Gasteiger partial charge in [-0.3, -0.25) is 4.79 Å². The van der Waals surface area contributed by atoms with Crippen molar-refractivity contribution in [3.8, 4) is 0 Å². The molecule has 1 heterocycles. The predicted octanol–water partition coefficient (Wildman–Crippen LogP) is 4.27. The molecule has 2 N–H and O–H groups in total. The zero-order valence-corrected chi connectivity index (χ0v) is 14.8. The number of nitrogens with zero attached hydrogens (tertiary/aromatic N) is 2. The molecule has 0 saturated heterocycles. The fourth-order valence-corrected chi connectivity index (χ4v) is 3.67. The Hall–Kier alpha value is -2.07. The lowest BCUT2D eigenvalue weighted by atomic mass is 10.1. The number of thioether (sulfide) groups is 1. The van der Waals surface area contributed by atoms with E-state index < -0.39 is 22.9 Å². The van der Waals surface area contributed by atoms with Gasteiger partial charge in [0.15, 0.2) is 4.34 Å². The Morgan fingerprint density at radius 3 is 2.80 bits per heavy atom. The van der Waals surface area contributed by atoms with Crippen molar-refractivity contribution < 1.29 is 18.0 Å². The summed E-state index contributed by atoms with van der Waals surface area (Å²) in [4.78, 5) is 12.2. The Kier molecular flexibility index (Phi) is 6.43. The van der Waals surface area contributed by atoms with Gasteiger partial charge in [0.2, 0.25) is 11.0 Å². The molecule has 25 heavy (non-hydrogen) atoms. The standard InChI is InChI=1S/C15H15F3N4OS2/c1-3-8-19-13-21-22-14(25-13)24-9(2)12(23)20-11-7-5-4-6-10(11)15(16,17)18/h3-7,9H,1,8H2,2H3,(H,19,21)(H,20,23). The summed E-state index contributed by atoms with van der Waals surface area (Å²) in [5, 5.41) is 13.1. The molecule has 0 aliphatic rings. The van der Waals surface area contributed by atoms with E-state index in [4.69, 9.17) is 0 Å². The van der Waals surface area contributed by atoms with Crippen molar-refractivity contribution in [2.45, 2.75) is 22.7 Å². The molecule has 0 aliphatic carbocycles. The third kappa shape index (κ3) is 5.46. The molecule has 134 valence electrons. The molecule has 0 aliphatic heterocycles. The molecular formula is C15H15F3N4OS2. The Morgan fingerprint density at radius 2 is 2.12 bits per heavy atom. The van der Waals surface area contributed by atoms with Gasteiger partial charge in [-0.15, -0.1) is 16.8 Å². The van der Waals surface area contributed by atoms with Crippen LogP contribution in [0.1, 0.15) is 12.5 Å². The highest BCUT2D eigenvalue weighted by Crippen LogP contribution is 2.35. The van der Waals surface area contributed by atoms with Crippen LogP contribution in [0.5, 0.6) is 0 Å². The summed E-state index contributed by atoms with van der Waals surface area (Å²) in [5.74, 6) is -0.544. The number of rotatable bonds is 7. The molecular weight excluding hydrogens is 373 g/mol. The van der Waals surface area contributed by atoms with Gasteiger partial charge >= 0.3 is 6.18 Å². The molecule has 1 aromatic carbocycles. The van der Waals surface area contributed by atoms with Crippen molar-refractivity contribution in [2.75, 3.05) is 17.2 Å². The van der Waals surface area contributed by atoms with Crippen molar-refractivity contribution in [1.29, 1.82) is 0 Å². The zero-order valence-electron chi connectivity index (χ0n) is 13.1. The molecule has 1 aromatic heterocycles. The summed E-state index contributed by atoms with van der Waals surface area (Å²) in [6, 6.07) is 4.86. The fraction of sp³-hybridized carbons (Fsp3) is 0.267. The maximum atomic E-state index is 13.0. The lowest BCUT2D eigenvalue weighted by Crippen LogP contribution is -2.24. The van der Waals surface area contributed by atoms with Crippen molar-refractivity contribution in [2.24, 2.45) is 0 Å². The van der Waals surface area contributed by atoms with Gasteiger partial charge < -0.3 is 10.6 Å². The van der Waals surface area contributed by atoms with Crippen LogP contribution in [0.3, 0.4) is 0 Å². The van der Waals surface area contributed by atoms with Gasteiger partial charge in [-0.2, -0.15) is 13.2 Å². The lowest BCUT2D eigenvalue weighted by Gasteiger charge is -2.15. The maximum Gasteiger partial charge on any atom is 0.418 e. The molecule has 0 fully saturated rings. The number of anilines is 2. The maximum absolute atomic E-state index is 13.0. The number of para-hydroxylation sites is 1. The van der Waals surface area contributed by atoms with Gasteiger partial charge in [-0.1, -0.05) is 41.3 Å². The number of aromatic nitrogens is 2. The van der Waals surface area contributed by atoms with Crippen LogP contribution < -0.4 is 10.6 Å². The lowest BCUT2D eigenvalue weighted by molar-refractivity contribution is -0.137. The Bertz CT molecular complexity index is 748. The second-order valence-corrected chi connectivity index (χ2v) is 7.40. The predicted molar refractivity (Wildman–Crippen MR) is 94.0 cm³/mol. The second kappa shape index (κ2) is 8.34. The first-order chi connectivity index (χ1) is 11.8. The van der Waals surface area contributed by atoms with Crippen LogP contribution in [0.4, 0.5) is 24.0 Å². The highest BCUT2D eigenvalue weighted by atomic mass is 32.2. The van der Waals surface area contributed by atoms with Crippen LogP contribution in [-0.2, 0) is 11.0 Å². The van der Waals surface area contributed by atoms with E-state index in [0.717, 1.165) is 17.8 Å². The number of nitrogens with one attached hydrogen (secondary N) is 2. The number of hydrogen-bond acceptors (Lipinski definition) is 6. The average Bonchev–Trinajstić information content (AvgIpc) is 2.99. The van der Waals surface area contributed by atoms with Crippen LogP contribution >= 0.6 is 23.1 Å². The normalized spacial score (nSPS) is 12.5. The van der Waals surface area contributed by atoms with Crippen LogP contribution in [-0.4, -0.2) is 27.9 Å². The monoisotopic (exact) mass is 388 g/mol. The molecule has 0 saturated carbocycles. The minimum atomic E-state index is -4.54. The molecule has 0 bridgehead atoms. The van der Waals surface area contributed by atoms with Gasteiger partial charge in [0, 0.05) is 6.54 Å². The molecule has 5 nitrogen and oxygen atoms in total. The number of hydrogen-bond donors (Lipinski definition) is 2. The summed E-state index contributed by atoms with van der Waals surface area (Å²) in [6.45, 7) is 5.70. The largest absolute Gasteiger partial charge is 0.418 e. The van der Waals surface area contributed by atoms with E-state index in [-0.39, 0.29) is 5.69 Å². The number of halogens is 3.